The molecule has 0 aromatic carbocycles. The summed E-state index contributed by atoms with van der Waals surface area (Å²) in [6.07, 6.45) is 3.15. The van der Waals surface area contributed by atoms with Crippen molar-refractivity contribution in [2.24, 2.45) is 0 Å². The zero-order chi connectivity index (χ0) is 13.9. The molecule has 0 saturated carbocycles. The Labute approximate surface area is 107 Å². The predicted octanol–water partition coefficient (Wildman–Crippen LogP) is -0.0264. The van der Waals surface area contributed by atoms with Crippen molar-refractivity contribution in [2.45, 2.75) is 37.5 Å². The average molecular weight is 277 g/mol. The molecule has 1 heterocycles. The van der Waals surface area contributed by atoms with E-state index in [4.69, 9.17) is 0 Å². The van der Waals surface area contributed by atoms with E-state index in [0.29, 0.717) is 13.0 Å². The zero-order valence-corrected chi connectivity index (χ0v) is 11.7. The minimum Gasteiger partial charge on any atom is -0.467 e. The number of likely N-dealkylation sites (tertiary alicyclic amines) is 1. The van der Waals surface area contributed by atoms with Crippen LogP contribution in [0.4, 0.5) is 0 Å². The number of methoxy groups -OCH3 is 1. The van der Waals surface area contributed by atoms with E-state index < -0.39 is 33.0 Å². The van der Waals surface area contributed by atoms with E-state index in [2.05, 4.69) is 4.74 Å². The predicted molar refractivity (Wildman–Crippen MR) is 65.7 cm³/mol. The van der Waals surface area contributed by atoms with E-state index in [-0.39, 0.29) is 0 Å². The topological polar surface area (TPSA) is 80.8 Å². The molecule has 0 N–H and O–H groups in total. The minimum atomic E-state index is -3.45. The monoisotopic (exact) mass is 277 g/mol. The van der Waals surface area contributed by atoms with Crippen LogP contribution in [-0.2, 0) is 24.2 Å². The molecule has 2 unspecified atom stereocenters. The molecule has 7 heteroatoms. The molecule has 0 spiro atoms. The van der Waals surface area contributed by atoms with Crippen LogP contribution < -0.4 is 0 Å². The fraction of sp³-hybridized carbons (Fsp3) is 0.818. The van der Waals surface area contributed by atoms with Gasteiger partial charge in [-0.2, -0.15) is 0 Å². The number of hydrogen-bond donors (Lipinski definition) is 0. The van der Waals surface area contributed by atoms with Crippen LogP contribution in [0.5, 0.6) is 0 Å². The van der Waals surface area contributed by atoms with Crippen molar-refractivity contribution in [1.29, 1.82) is 0 Å². The zero-order valence-electron chi connectivity index (χ0n) is 10.9. The van der Waals surface area contributed by atoms with Gasteiger partial charge < -0.3 is 9.64 Å². The molecule has 6 nitrogen and oxygen atoms in total. The molecule has 2 atom stereocenters. The molecule has 1 rings (SSSR count). The molecule has 0 radical (unpaired) electrons. The van der Waals surface area contributed by atoms with Crippen molar-refractivity contribution in [2.75, 3.05) is 19.9 Å². The van der Waals surface area contributed by atoms with Gasteiger partial charge in [0.25, 0.3) is 0 Å². The number of carbonyl (C=O) groups excluding carboxylic acids is 2. The van der Waals surface area contributed by atoms with Gasteiger partial charge in [0.15, 0.2) is 9.84 Å². The Balaban J connectivity index is 2.91. The highest BCUT2D eigenvalue weighted by Crippen LogP contribution is 2.20. The van der Waals surface area contributed by atoms with E-state index in [1.54, 1.807) is 0 Å². The highest BCUT2D eigenvalue weighted by atomic mass is 32.2. The number of sulfone groups is 1. The summed E-state index contributed by atoms with van der Waals surface area (Å²) >= 11 is 0. The maximum atomic E-state index is 12.1. The highest BCUT2D eigenvalue weighted by molar-refractivity contribution is 7.92. The van der Waals surface area contributed by atoms with Crippen molar-refractivity contribution in [3.8, 4) is 0 Å². The van der Waals surface area contributed by atoms with Crippen molar-refractivity contribution in [3.63, 3.8) is 0 Å². The number of esters is 1. The molecular formula is C11H19NO5S. The molecule has 1 saturated heterocycles. The summed E-state index contributed by atoms with van der Waals surface area (Å²) in [5.41, 5.74) is 0. The van der Waals surface area contributed by atoms with Crippen LogP contribution in [0.25, 0.3) is 0 Å². The second-order valence-corrected chi connectivity index (χ2v) is 6.90. The summed E-state index contributed by atoms with van der Waals surface area (Å²) < 4.78 is 27.4. The lowest BCUT2D eigenvalue weighted by Gasteiger charge is -2.35. The summed E-state index contributed by atoms with van der Waals surface area (Å²) in [4.78, 5) is 25.0. The number of rotatable bonds is 3. The van der Waals surface area contributed by atoms with Crippen molar-refractivity contribution >= 4 is 21.7 Å². The van der Waals surface area contributed by atoms with Crippen molar-refractivity contribution < 1.29 is 22.7 Å². The van der Waals surface area contributed by atoms with Gasteiger partial charge in [-0.25, -0.2) is 13.2 Å². The second kappa shape index (κ2) is 5.69. The van der Waals surface area contributed by atoms with Gasteiger partial charge in [-0.1, -0.05) is 0 Å². The summed E-state index contributed by atoms with van der Waals surface area (Å²) in [5.74, 6) is -1.00. The molecule has 1 aliphatic heterocycles. The molecule has 18 heavy (non-hydrogen) atoms. The largest absolute Gasteiger partial charge is 0.467 e. The van der Waals surface area contributed by atoms with Crippen LogP contribution in [0.3, 0.4) is 0 Å². The summed E-state index contributed by atoms with van der Waals surface area (Å²) in [6.45, 7) is 1.75. The standard InChI is InChI=1S/C11H19NO5S/c1-8(18(3,15)16)10(13)12-7-5-4-6-9(12)11(14)17-2/h8-9H,4-7H2,1-3H3. The van der Waals surface area contributed by atoms with Crippen molar-refractivity contribution in [1.82, 2.24) is 4.90 Å². The third kappa shape index (κ3) is 3.22. The quantitative estimate of drug-likeness (QED) is 0.677. The molecule has 1 amide bonds. The van der Waals surface area contributed by atoms with Crippen LogP contribution in [0.15, 0.2) is 0 Å². The number of hydrogen-bond acceptors (Lipinski definition) is 5. The SMILES string of the molecule is COC(=O)C1CCCCN1C(=O)C(C)S(C)(=O)=O. The molecule has 104 valence electrons. The second-order valence-electron chi connectivity index (χ2n) is 4.54. The van der Waals surface area contributed by atoms with Gasteiger partial charge in [-0.3, -0.25) is 4.79 Å². The maximum absolute atomic E-state index is 12.1. The Hall–Kier alpha value is -1.11. The van der Waals surface area contributed by atoms with Crippen molar-refractivity contribution in [3.05, 3.63) is 0 Å². The first-order valence-electron chi connectivity index (χ1n) is 5.86. The summed E-state index contributed by atoms with van der Waals surface area (Å²) in [5, 5.41) is -1.12. The van der Waals surface area contributed by atoms with Gasteiger partial charge in [0.2, 0.25) is 5.91 Å². The van der Waals surface area contributed by atoms with Gasteiger partial charge in [-0.05, 0) is 26.2 Å². The van der Waals surface area contributed by atoms with Crippen LogP contribution in [0.1, 0.15) is 26.2 Å². The van der Waals surface area contributed by atoms with E-state index in [9.17, 15) is 18.0 Å². The summed E-state index contributed by atoms with van der Waals surface area (Å²) in [7, 11) is -2.19. The molecule has 1 aliphatic rings. The molecule has 1 fully saturated rings. The Kier molecular flexibility index (Phi) is 4.72. The molecule has 0 aliphatic carbocycles. The molecule has 0 aromatic rings. The smallest absolute Gasteiger partial charge is 0.328 e. The Morgan fingerprint density at radius 1 is 1.33 bits per heavy atom. The van der Waals surface area contributed by atoms with E-state index in [1.165, 1.54) is 18.9 Å². The third-order valence-electron chi connectivity index (χ3n) is 3.25. The van der Waals surface area contributed by atoms with E-state index in [0.717, 1.165) is 19.1 Å². The Bertz CT molecular complexity index is 431. The minimum absolute atomic E-state index is 0.401. The van der Waals surface area contributed by atoms with Gasteiger partial charge in [0.05, 0.1) is 7.11 Å². The number of nitrogens with zero attached hydrogens (tertiary/aromatic N) is 1. The van der Waals surface area contributed by atoms with Crippen LogP contribution in [0, 0.1) is 0 Å². The number of amides is 1. The summed E-state index contributed by atoms with van der Waals surface area (Å²) in [6, 6.07) is -0.652. The van der Waals surface area contributed by atoms with Gasteiger partial charge in [0, 0.05) is 12.8 Å². The van der Waals surface area contributed by atoms with Gasteiger partial charge >= 0.3 is 5.97 Å². The van der Waals surface area contributed by atoms with Crippen LogP contribution in [-0.4, -0.2) is 56.4 Å². The Morgan fingerprint density at radius 3 is 2.44 bits per heavy atom. The first kappa shape index (κ1) is 14.9. The average Bonchev–Trinajstić information content (AvgIpc) is 2.35. The van der Waals surface area contributed by atoms with Gasteiger partial charge in [0.1, 0.15) is 11.3 Å². The van der Waals surface area contributed by atoms with E-state index >= 15 is 0 Å². The number of carbonyl (C=O) groups is 2. The van der Waals surface area contributed by atoms with Gasteiger partial charge in [-0.15, -0.1) is 0 Å². The third-order valence-corrected chi connectivity index (χ3v) is 4.74. The van der Waals surface area contributed by atoms with E-state index in [1.807, 2.05) is 0 Å². The molecule has 0 aromatic heterocycles. The Morgan fingerprint density at radius 2 is 1.94 bits per heavy atom. The number of ether oxygens (including phenoxy) is 1. The van der Waals surface area contributed by atoms with Crippen LogP contribution in [0.2, 0.25) is 0 Å². The molecular weight excluding hydrogens is 258 g/mol. The lowest BCUT2D eigenvalue weighted by molar-refractivity contribution is -0.154. The fourth-order valence-corrected chi connectivity index (χ4v) is 2.49. The lowest BCUT2D eigenvalue weighted by atomic mass is 10.0. The number of piperidine rings is 1. The highest BCUT2D eigenvalue weighted by Gasteiger charge is 2.37. The lowest BCUT2D eigenvalue weighted by Crippen LogP contribution is -2.52. The molecule has 0 bridgehead atoms. The van der Waals surface area contributed by atoms with Crippen LogP contribution >= 0.6 is 0 Å². The normalized spacial score (nSPS) is 22.4. The first-order valence-corrected chi connectivity index (χ1v) is 7.81. The first-order chi connectivity index (χ1) is 8.29. The maximum Gasteiger partial charge on any atom is 0.328 e. The fourth-order valence-electron chi connectivity index (χ4n) is 1.99.